The fourth-order valence-corrected chi connectivity index (χ4v) is 1.63. The van der Waals surface area contributed by atoms with Gasteiger partial charge in [0.2, 0.25) is 11.5 Å². The standard InChI is InChI=1S/C14H17NO5/c1-9(2)15-20-12(16)8-17-10-6-5-7-11-13(10)19-14(3,4)18-11/h5-7H,8H2,1-4H3. The second-order valence-electron chi connectivity index (χ2n) is 4.98. The van der Waals surface area contributed by atoms with Gasteiger partial charge in [-0.05, 0) is 26.0 Å². The van der Waals surface area contributed by atoms with Crippen molar-refractivity contribution in [2.24, 2.45) is 5.16 Å². The Morgan fingerprint density at radius 3 is 2.75 bits per heavy atom. The molecule has 1 aromatic carbocycles. The van der Waals surface area contributed by atoms with Gasteiger partial charge in [-0.2, -0.15) is 0 Å². The molecule has 6 nitrogen and oxygen atoms in total. The van der Waals surface area contributed by atoms with Crippen LogP contribution in [0.1, 0.15) is 27.7 Å². The van der Waals surface area contributed by atoms with Crippen LogP contribution in [0.15, 0.2) is 23.4 Å². The van der Waals surface area contributed by atoms with Gasteiger partial charge in [0.15, 0.2) is 18.1 Å². The minimum atomic E-state index is -0.744. The number of ether oxygens (including phenoxy) is 3. The van der Waals surface area contributed by atoms with E-state index in [0.29, 0.717) is 23.0 Å². The van der Waals surface area contributed by atoms with Gasteiger partial charge in [-0.3, -0.25) is 0 Å². The quantitative estimate of drug-likeness (QED) is 0.481. The van der Waals surface area contributed by atoms with Crippen molar-refractivity contribution in [2.75, 3.05) is 6.61 Å². The zero-order valence-electron chi connectivity index (χ0n) is 11.9. The normalized spacial score (nSPS) is 14.6. The predicted octanol–water partition coefficient (Wildman–Crippen LogP) is 2.51. The lowest BCUT2D eigenvalue weighted by Gasteiger charge is -2.16. The van der Waals surface area contributed by atoms with Crippen LogP contribution < -0.4 is 14.2 Å². The number of carbonyl (C=O) groups excluding carboxylic acids is 1. The molecule has 6 heteroatoms. The van der Waals surface area contributed by atoms with E-state index in [0.717, 1.165) is 0 Å². The molecular formula is C14H17NO5. The van der Waals surface area contributed by atoms with Crippen molar-refractivity contribution in [3.8, 4) is 17.2 Å². The van der Waals surface area contributed by atoms with Gasteiger partial charge in [0.25, 0.3) is 0 Å². The molecular weight excluding hydrogens is 262 g/mol. The number of hydrogen-bond acceptors (Lipinski definition) is 6. The number of oxime groups is 1. The summed E-state index contributed by atoms with van der Waals surface area (Å²) in [6.07, 6.45) is 0. The maximum absolute atomic E-state index is 11.4. The Morgan fingerprint density at radius 1 is 1.30 bits per heavy atom. The van der Waals surface area contributed by atoms with E-state index in [2.05, 4.69) is 9.99 Å². The summed E-state index contributed by atoms with van der Waals surface area (Å²) in [5, 5.41) is 3.56. The highest BCUT2D eigenvalue weighted by Gasteiger charge is 2.34. The number of fused-ring (bicyclic) bond motifs is 1. The van der Waals surface area contributed by atoms with Crippen molar-refractivity contribution >= 4 is 11.7 Å². The van der Waals surface area contributed by atoms with Crippen molar-refractivity contribution < 1.29 is 23.8 Å². The summed E-state index contributed by atoms with van der Waals surface area (Å²) < 4.78 is 16.6. The SMILES string of the molecule is CC(C)=NOC(=O)COc1cccc2c1OC(C)(C)O2. The lowest BCUT2D eigenvalue weighted by atomic mass is 10.3. The molecule has 1 aliphatic rings. The summed E-state index contributed by atoms with van der Waals surface area (Å²) in [6, 6.07) is 5.24. The van der Waals surface area contributed by atoms with E-state index in [4.69, 9.17) is 14.2 Å². The van der Waals surface area contributed by atoms with Crippen LogP contribution in [-0.4, -0.2) is 24.1 Å². The lowest BCUT2D eigenvalue weighted by molar-refractivity contribution is -0.146. The molecule has 108 valence electrons. The van der Waals surface area contributed by atoms with E-state index >= 15 is 0 Å². The van der Waals surface area contributed by atoms with E-state index in [9.17, 15) is 4.79 Å². The van der Waals surface area contributed by atoms with Crippen LogP contribution in [0.2, 0.25) is 0 Å². The van der Waals surface area contributed by atoms with Crippen molar-refractivity contribution in [3.05, 3.63) is 18.2 Å². The third-order valence-corrected chi connectivity index (χ3v) is 2.32. The smallest absolute Gasteiger partial charge is 0.372 e. The van der Waals surface area contributed by atoms with Crippen LogP contribution in [-0.2, 0) is 9.63 Å². The summed E-state index contributed by atoms with van der Waals surface area (Å²) >= 11 is 0. The molecule has 0 atom stereocenters. The number of nitrogens with zero attached hydrogens (tertiary/aromatic N) is 1. The molecule has 0 unspecified atom stereocenters. The average Bonchev–Trinajstić information content (AvgIpc) is 2.68. The van der Waals surface area contributed by atoms with Crippen LogP contribution in [0.3, 0.4) is 0 Å². The first kappa shape index (κ1) is 14.2. The van der Waals surface area contributed by atoms with E-state index in [1.54, 1.807) is 45.9 Å². The Morgan fingerprint density at radius 2 is 2.05 bits per heavy atom. The van der Waals surface area contributed by atoms with E-state index in [1.807, 2.05) is 0 Å². The van der Waals surface area contributed by atoms with Gasteiger partial charge in [-0.15, -0.1) is 0 Å². The highest BCUT2D eigenvalue weighted by molar-refractivity contribution is 5.80. The topological polar surface area (TPSA) is 66.4 Å². The number of rotatable bonds is 4. The minimum absolute atomic E-state index is 0.253. The Kier molecular flexibility index (Phi) is 3.83. The molecule has 0 saturated heterocycles. The largest absolute Gasteiger partial charge is 0.478 e. The highest BCUT2D eigenvalue weighted by atomic mass is 16.7. The van der Waals surface area contributed by atoms with Gasteiger partial charge in [-0.1, -0.05) is 11.2 Å². The number of carbonyl (C=O) groups is 1. The van der Waals surface area contributed by atoms with Crippen LogP contribution in [0.25, 0.3) is 0 Å². The molecule has 0 saturated carbocycles. The van der Waals surface area contributed by atoms with Crippen molar-refractivity contribution in [1.82, 2.24) is 0 Å². The van der Waals surface area contributed by atoms with Crippen molar-refractivity contribution in [1.29, 1.82) is 0 Å². The molecule has 0 amide bonds. The minimum Gasteiger partial charge on any atom is -0.478 e. The van der Waals surface area contributed by atoms with Gasteiger partial charge < -0.3 is 19.0 Å². The second-order valence-corrected chi connectivity index (χ2v) is 4.98. The summed E-state index contributed by atoms with van der Waals surface area (Å²) in [7, 11) is 0. The summed E-state index contributed by atoms with van der Waals surface area (Å²) in [6.45, 7) is 6.79. The fourth-order valence-electron chi connectivity index (χ4n) is 1.63. The molecule has 0 radical (unpaired) electrons. The molecule has 0 N–H and O–H groups in total. The Balaban J connectivity index is 2.00. The summed E-state index contributed by atoms with van der Waals surface area (Å²) in [5.41, 5.74) is 0.650. The van der Waals surface area contributed by atoms with Crippen LogP contribution in [0.5, 0.6) is 17.2 Å². The lowest BCUT2D eigenvalue weighted by Crippen LogP contribution is -2.29. The molecule has 20 heavy (non-hydrogen) atoms. The van der Waals surface area contributed by atoms with E-state index in [-0.39, 0.29) is 6.61 Å². The molecule has 0 aliphatic carbocycles. The average molecular weight is 279 g/mol. The molecule has 2 rings (SSSR count). The number of benzene rings is 1. The third-order valence-electron chi connectivity index (χ3n) is 2.32. The Labute approximate surface area is 117 Å². The zero-order chi connectivity index (χ0) is 14.8. The first-order valence-electron chi connectivity index (χ1n) is 6.22. The van der Waals surface area contributed by atoms with Gasteiger partial charge >= 0.3 is 5.97 Å². The molecule has 0 fully saturated rings. The van der Waals surface area contributed by atoms with E-state index in [1.165, 1.54) is 0 Å². The predicted molar refractivity (Wildman–Crippen MR) is 72.1 cm³/mol. The molecule has 0 spiro atoms. The van der Waals surface area contributed by atoms with Crippen LogP contribution in [0.4, 0.5) is 0 Å². The molecule has 1 aliphatic heterocycles. The Hall–Kier alpha value is -2.24. The Bertz CT molecular complexity index is 546. The summed E-state index contributed by atoms with van der Waals surface area (Å²) in [4.78, 5) is 16.1. The van der Waals surface area contributed by atoms with E-state index < -0.39 is 11.8 Å². The number of para-hydroxylation sites is 1. The van der Waals surface area contributed by atoms with Gasteiger partial charge in [-0.25, -0.2) is 4.79 Å². The monoisotopic (exact) mass is 279 g/mol. The molecule has 0 bridgehead atoms. The first-order chi connectivity index (χ1) is 9.37. The fraction of sp³-hybridized carbons (Fsp3) is 0.429. The number of hydrogen-bond donors (Lipinski definition) is 0. The zero-order valence-corrected chi connectivity index (χ0v) is 11.9. The maximum Gasteiger partial charge on any atom is 0.372 e. The third kappa shape index (κ3) is 3.40. The second kappa shape index (κ2) is 5.40. The first-order valence-corrected chi connectivity index (χ1v) is 6.22. The van der Waals surface area contributed by atoms with Crippen LogP contribution in [0, 0.1) is 0 Å². The molecule has 0 aromatic heterocycles. The van der Waals surface area contributed by atoms with Crippen LogP contribution >= 0.6 is 0 Å². The van der Waals surface area contributed by atoms with Gasteiger partial charge in [0, 0.05) is 13.8 Å². The molecule has 1 aromatic rings. The van der Waals surface area contributed by atoms with Gasteiger partial charge in [0.05, 0.1) is 5.71 Å². The molecule has 1 heterocycles. The highest BCUT2D eigenvalue weighted by Crippen LogP contribution is 2.45. The van der Waals surface area contributed by atoms with Gasteiger partial charge in [0.1, 0.15) is 0 Å². The summed E-state index contributed by atoms with van der Waals surface area (Å²) in [5.74, 6) is 0.180. The van der Waals surface area contributed by atoms with Crippen molar-refractivity contribution in [3.63, 3.8) is 0 Å². The maximum atomic E-state index is 11.4. The van der Waals surface area contributed by atoms with Crippen molar-refractivity contribution in [2.45, 2.75) is 33.5 Å².